The Balaban J connectivity index is 2.09. The summed E-state index contributed by atoms with van der Waals surface area (Å²) >= 11 is 6.04. The number of ether oxygens (including phenoxy) is 1. The van der Waals surface area contributed by atoms with Crippen LogP contribution in [0, 0.1) is 0 Å². The molecule has 0 unspecified atom stereocenters. The molecule has 0 aliphatic heterocycles. The summed E-state index contributed by atoms with van der Waals surface area (Å²) in [4.78, 5) is 14.0. The molecule has 0 atom stereocenters. The van der Waals surface area contributed by atoms with Gasteiger partial charge in [0.25, 0.3) is 5.91 Å². The molecule has 0 saturated carbocycles. The predicted octanol–water partition coefficient (Wildman–Crippen LogP) is 3.62. The molecule has 0 N–H and O–H groups in total. The van der Waals surface area contributed by atoms with Crippen molar-refractivity contribution < 1.29 is 9.53 Å². The van der Waals surface area contributed by atoms with Crippen LogP contribution >= 0.6 is 11.6 Å². The van der Waals surface area contributed by atoms with Gasteiger partial charge < -0.3 is 9.64 Å². The summed E-state index contributed by atoms with van der Waals surface area (Å²) in [7, 11) is 3.39. The van der Waals surface area contributed by atoms with Crippen LogP contribution in [0.25, 0.3) is 0 Å². The summed E-state index contributed by atoms with van der Waals surface area (Å²) < 4.78 is 5.11. The third kappa shape index (κ3) is 3.31. The highest BCUT2D eigenvalue weighted by Gasteiger charge is 2.14. The SMILES string of the molecule is COc1ccc(CN(C)C(=O)c2ccccc2Cl)cc1. The van der Waals surface area contributed by atoms with E-state index in [1.807, 2.05) is 30.3 Å². The molecule has 0 bridgehead atoms. The minimum atomic E-state index is -0.0913. The van der Waals surface area contributed by atoms with Crippen LogP contribution < -0.4 is 4.74 Å². The molecule has 0 aromatic heterocycles. The Morgan fingerprint density at radius 3 is 2.40 bits per heavy atom. The van der Waals surface area contributed by atoms with Gasteiger partial charge in [-0.05, 0) is 29.8 Å². The van der Waals surface area contributed by atoms with Gasteiger partial charge in [-0.15, -0.1) is 0 Å². The minimum absolute atomic E-state index is 0.0913. The van der Waals surface area contributed by atoms with E-state index >= 15 is 0 Å². The second-order valence-electron chi connectivity index (χ2n) is 4.49. The minimum Gasteiger partial charge on any atom is -0.497 e. The predicted molar refractivity (Wildman–Crippen MR) is 80.2 cm³/mol. The van der Waals surface area contributed by atoms with Crippen molar-refractivity contribution in [2.75, 3.05) is 14.2 Å². The molecule has 4 heteroatoms. The number of carbonyl (C=O) groups excluding carboxylic acids is 1. The van der Waals surface area contributed by atoms with Crippen LogP contribution in [0.5, 0.6) is 5.75 Å². The number of benzene rings is 2. The number of methoxy groups -OCH3 is 1. The highest BCUT2D eigenvalue weighted by molar-refractivity contribution is 6.33. The van der Waals surface area contributed by atoms with E-state index in [-0.39, 0.29) is 5.91 Å². The van der Waals surface area contributed by atoms with Crippen molar-refractivity contribution in [2.24, 2.45) is 0 Å². The Morgan fingerprint density at radius 1 is 1.15 bits per heavy atom. The number of hydrogen-bond acceptors (Lipinski definition) is 2. The number of amides is 1. The maximum atomic E-state index is 12.3. The van der Waals surface area contributed by atoms with Crippen LogP contribution in [0.2, 0.25) is 5.02 Å². The van der Waals surface area contributed by atoms with Gasteiger partial charge in [0.2, 0.25) is 0 Å². The molecule has 3 nitrogen and oxygen atoms in total. The first-order valence-corrected chi connectivity index (χ1v) is 6.62. The number of hydrogen-bond donors (Lipinski definition) is 0. The quantitative estimate of drug-likeness (QED) is 0.860. The van der Waals surface area contributed by atoms with Gasteiger partial charge in [-0.1, -0.05) is 35.9 Å². The van der Waals surface area contributed by atoms with Gasteiger partial charge in [-0.3, -0.25) is 4.79 Å². The topological polar surface area (TPSA) is 29.5 Å². The Kier molecular flexibility index (Phi) is 4.64. The lowest BCUT2D eigenvalue weighted by molar-refractivity contribution is 0.0785. The number of nitrogens with zero attached hydrogens (tertiary/aromatic N) is 1. The van der Waals surface area contributed by atoms with Crippen molar-refractivity contribution in [3.05, 3.63) is 64.7 Å². The number of carbonyl (C=O) groups is 1. The molecule has 0 radical (unpaired) electrons. The molecule has 2 rings (SSSR count). The lowest BCUT2D eigenvalue weighted by Crippen LogP contribution is -2.26. The fourth-order valence-electron chi connectivity index (χ4n) is 1.92. The van der Waals surface area contributed by atoms with Gasteiger partial charge in [0.15, 0.2) is 0 Å². The monoisotopic (exact) mass is 289 g/mol. The highest BCUT2D eigenvalue weighted by atomic mass is 35.5. The molecule has 2 aromatic carbocycles. The molecule has 0 aliphatic rings. The van der Waals surface area contributed by atoms with Crippen LogP contribution in [-0.4, -0.2) is 25.0 Å². The van der Waals surface area contributed by atoms with Crippen LogP contribution in [0.4, 0.5) is 0 Å². The fraction of sp³-hybridized carbons (Fsp3) is 0.188. The molecule has 1 amide bonds. The van der Waals surface area contributed by atoms with Gasteiger partial charge in [-0.2, -0.15) is 0 Å². The lowest BCUT2D eigenvalue weighted by atomic mass is 10.1. The number of halogens is 1. The standard InChI is InChI=1S/C16H16ClNO2/c1-18(11-12-7-9-13(20-2)10-8-12)16(19)14-5-3-4-6-15(14)17/h3-10H,11H2,1-2H3. The second-order valence-corrected chi connectivity index (χ2v) is 4.90. The van der Waals surface area contributed by atoms with E-state index in [0.717, 1.165) is 11.3 Å². The Bertz CT molecular complexity index is 596. The van der Waals surface area contributed by atoms with Crippen molar-refractivity contribution >= 4 is 17.5 Å². The first-order chi connectivity index (χ1) is 9.61. The number of rotatable bonds is 4. The average molecular weight is 290 g/mol. The van der Waals surface area contributed by atoms with E-state index in [1.54, 1.807) is 37.3 Å². The Hall–Kier alpha value is -2.00. The maximum absolute atomic E-state index is 12.3. The van der Waals surface area contributed by atoms with E-state index in [4.69, 9.17) is 16.3 Å². The smallest absolute Gasteiger partial charge is 0.255 e. The zero-order chi connectivity index (χ0) is 14.5. The normalized spacial score (nSPS) is 10.2. The van der Waals surface area contributed by atoms with Crippen molar-refractivity contribution in [1.29, 1.82) is 0 Å². The molecular weight excluding hydrogens is 274 g/mol. The van der Waals surface area contributed by atoms with Crippen LogP contribution in [0.3, 0.4) is 0 Å². The summed E-state index contributed by atoms with van der Waals surface area (Å²) in [6, 6.07) is 14.7. The van der Waals surface area contributed by atoms with E-state index < -0.39 is 0 Å². The van der Waals surface area contributed by atoms with E-state index in [1.165, 1.54) is 0 Å². The highest BCUT2D eigenvalue weighted by Crippen LogP contribution is 2.18. The van der Waals surface area contributed by atoms with Crippen LogP contribution in [-0.2, 0) is 6.54 Å². The van der Waals surface area contributed by atoms with E-state index in [0.29, 0.717) is 17.1 Å². The Morgan fingerprint density at radius 2 is 1.80 bits per heavy atom. The second kappa shape index (κ2) is 6.44. The van der Waals surface area contributed by atoms with Crippen molar-refractivity contribution in [3.8, 4) is 5.75 Å². The molecule has 20 heavy (non-hydrogen) atoms. The van der Waals surface area contributed by atoms with Gasteiger partial charge in [0.1, 0.15) is 5.75 Å². The van der Waals surface area contributed by atoms with Crippen molar-refractivity contribution in [3.63, 3.8) is 0 Å². The first-order valence-electron chi connectivity index (χ1n) is 6.24. The third-order valence-corrected chi connectivity index (χ3v) is 3.36. The molecular formula is C16H16ClNO2. The zero-order valence-electron chi connectivity index (χ0n) is 11.5. The van der Waals surface area contributed by atoms with Crippen molar-refractivity contribution in [2.45, 2.75) is 6.54 Å². The summed E-state index contributed by atoms with van der Waals surface area (Å²) in [6.07, 6.45) is 0. The van der Waals surface area contributed by atoms with Crippen LogP contribution in [0.1, 0.15) is 15.9 Å². The molecule has 0 saturated heterocycles. The van der Waals surface area contributed by atoms with Gasteiger partial charge in [0.05, 0.1) is 17.7 Å². The lowest BCUT2D eigenvalue weighted by Gasteiger charge is -2.18. The maximum Gasteiger partial charge on any atom is 0.255 e. The Labute approximate surface area is 123 Å². The largest absolute Gasteiger partial charge is 0.497 e. The molecule has 104 valence electrons. The zero-order valence-corrected chi connectivity index (χ0v) is 12.2. The van der Waals surface area contributed by atoms with Gasteiger partial charge in [0, 0.05) is 13.6 Å². The molecule has 2 aromatic rings. The van der Waals surface area contributed by atoms with Crippen LogP contribution in [0.15, 0.2) is 48.5 Å². The fourth-order valence-corrected chi connectivity index (χ4v) is 2.13. The van der Waals surface area contributed by atoms with Gasteiger partial charge >= 0.3 is 0 Å². The van der Waals surface area contributed by atoms with Gasteiger partial charge in [-0.25, -0.2) is 0 Å². The van der Waals surface area contributed by atoms with E-state index in [9.17, 15) is 4.79 Å². The molecule has 0 fully saturated rings. The summed E-state index contributed by atoms with van der Waals surface area (Å²) in [5.41, 5.74) is 1.55. The summed E-state index contributed by atoms with van der Waals surface area (Å²) in [5.74, 6) is 0.709. The summed E-state index contributed by atoms with van der Waals surface area (Å²) in [5, 5.41) is 0.471. The molecule has 0 aliphatic carbocycles. The molecule has 0 heterocycles. The third-order valence-electron chi connectivity index (χ3n) is 3.03. The molecule has 0 spiro atoms. The average Bonchev–Trinajstić information content (AvgIpc) is 2.48. The van der Waals surface area contributed by atoms with Crippen molar-refractivity contribution in [1.82, 2.24) is 4.90 Å². The summed E-state index contributed by atoms with van der Waals surface area (Å²) in [6.45, 7) is 0.522. The first kappa shape index (κ1) is 14.4. The van der Waals surface area contributed by atoms with E-state index in [2.05, 4.69) is 0 Å².